The largest absolute Gasteiger partial charge is 0.350 e. The van der Waals surface area contributed by atoms with Crippen LogP contribution in [0.3, 0.4) is 0 Å². The standard InChI is InChI=1S/C14H20N4O2S/c1-3-4-7-18-8-17-13-10(14(18)20)9(2)11(21-13)12(19)16-6-5-15/h8H,3-7,15H2,1-2H3,(H,16,19). The van der Waals surface area contributed by atoms with Gasteiger partial charge in [-0.15, -0.1) is 11.3 Å². The van der Waals surface area contributed by atoms with Crippen LogP contribution in [-0.2, 0) is 6.54 Å². The van der Waals surface area contributed by atoms with Crippen LogP contribution in [0.1, 0.15) is 35.0 Å². The van der Waals surface area contributed by atoms with Gasteiger partial charge in [0.1, 0.15) is 4.83 Å². The van der Waals surface area contributed by atoms with Crippen molar-refractivity contribution in [2.75, 3.05) is 13.1 Å². The first-order valence-electron chi connectivity index (χ1n) is 7.07. The van der Waals surface area contributed by atoms with Crippen molar-refractivity contribution in [2.24, 2.45) is 5.73 Å². The van der Waals surface area contributed by atoms with Crippen molar-refractivity contribution in [3.63, 3.8) is 0 Å². The molecule has 2 heterocycles. The number of fused-ring (bicyclic) bond motifs is 1. The van der Waals surface area contributed by atoms with Crippen LogP contribution in [-0.4, -0.2) is 28.5 Å². The third-order valence-electron chi connectivity index (χ3n) is 3.31. The summed E-state index contributed by atoms with van der Waals surface area (Å²) in [6, 6.07) is 0. The molecule has 21 heavy (non-hydrogen) atoms. The Labute approximate surface area is 127 Å². The van der Waals surface area contributed by atoms with E-state index in [1.165, 1.54) is 11.3 Å². The molecule has 7 heteroatoms. The van der Waals surface area contributed by atoms with Gasteiger partial charge in [-0.3, -0.25) is 14.2 Å². The summed E-state index contributed by atoms with van der Waals surface area (Å²) in [4.78, 5) is 30.0. The molecule has 0 radical (unpaired) electrons. The van der Waals surface area contributed by atoms with Gasteiger partial charge in [-0.05, 0) is 18.9 Å². The monoisotopic (exact) mass is 308 g/mol. The minimum Gasteiger partial charge on any atom is -0.350 e. The maximum atomic E-state index is 12.5. The molecule has 114 valence electrons. The number of hydrogen-bond acceptors (Lipinski definition) is 5. The SMILES string of the molecule is CCCCn1cnc2sc(C(=O)NCCN)c(C)c2c1=O. The van der Waals surface area contributed by atoms with E-state index in [0.717, 1.165) is 12.8 Å². The van der Waals surface area contributed by atoms with Crippen LogP contribution in [0.2, 0.25) is 0 Å². The van der Waals surface area contributed by atoms with Gasteiger partial charge in [-0.1, -0.05) is 13.3 Å². The Morgan fingerprint density at radius 1 is 1.52 bits per heavy atom. The van der Waals surface area contributed by atoms with Crippen molar-refractivity contribution < 1.29 is 4.79 Å². The summed E-state index contributed by atoms with van der Waals surface area (Å²) >= 11 is 1.25. The quantitative estimate of drug-likeness (QED) is 0.840. The summed E-state index contributed by atoms with van der Waals surface area (Å²) in [5, 5.41) is 3.28. The number of amides is 1. The van der Waals surface area contributed by atoms with Crippen molar-refractivity contribution in [3.05, 3.63) is 27.1 Å². The van der Waals surface area contributed by atoms with Gasteiger partial charge < -0.3 is 11.1 Å². The van der Waals surface area contributed by atoms with E-state index in [1.807, 2.05) is 0 Å². The molecule has 1 amide bonds. The lowest BCUT2D eigenvalue weighted by atomic mass is 10.2. The Kier molecular flexibility index (Phi) is 5.08. The predicted octanol–water partition coefficient (Wildman–Crippen LogP) is 1.26. The van der Waals surface area contributed by atoms with Crippen molar-refractivity contribution in [2.45, 2.75) is 33.2 Å². The molecule has 0 aliphatic carbocycles. The summed E-state index contributed by atoms with van der Waals surface area (Å²) in [6.45, 7) is 5.33. The third kappa shape index (κ3) is 3.14. The molecule has 2 aromatic heterocycles. The Bertz CT molecular complexity index is 705. The van der Waals surface area contributed by atoms with Crippen molar-refractivity contribution >= 4 is 27.5 Å². The van der Waals surface area contributed by atoms with Crippen LogP contribution in [0.25, 0.3) is 10.2 Å². The maximum Gasteiger partial charge on any atom is 0.262 e. The second-order valence-electron chi connectivity index (χ2n) is 4.88. The van der Waals surface area contributed by atoms with Crippen LogP contribution in [0.15, 0.2) is 11.1 Å². The van der Waals surface area contributed by atoms with E-state index in [9.17, 15) is 9.59 Å². The number of rotatable bonds is 6. The normalized spacial score (nSPS) is 11.0. The minimum atomic E-state index is -0.194. The van der Waals surface area contributed by atoms with E-state index in [-0.39, 0.29) is 11.5 Å². The number of aryl methyl sites for hydroxylation is 2. The van der Waals surface area contributed by atoms with Crippen molar-refractivity contribution in [1.29, 1.82) is 0 Å². The highest BCUT2D eigenvalue weighted by molar-refractivity contribution is 7.20. The van der Waals surface area contributed by atoms with E-state index in [1.54, 1.807) is 17.8 Å². The van der Waals surface area contributed by atoms with E-state index in [0.29, 0.717) is 40.3 Å². The average molecular weight is 308 g/mol. The smallest absolute Gasteiger partial charge is 0.262 e. The van der Waals surface area contributed by atoms with E-state index in [2.05, 4.69) is 17.2 Å². The number of nitrogens with zero attached hydrogens (tertiary/aromatic N) is 2. The molecule has 2 rings (SSSR count). The molecule has 6 nitrogen and oxygen atoms in total. The minimum absolute atomic E-state index is 0.0694. The number of carbonyl (C=O) groups is 1. The molecule has 0 spiro atoms. The van der Waals surface area contributed by atoms with Crippen molar-refractivity contribution in [1.82, 2.24) is 14.9 Å². The number of nitrogens with two attached hydrogens (primary N) is 1. The first-order chi connectivity index (χ1) is 10.1. The summed E-state index contributed by atoms with van der Waals surface area (Å²) in [6.07, 6.45) is 3.51. The first-order valence-corrected chi connectivity index (χ1v) is 7.88. The molecule has 0 atom stereocenters. The summed E-state index contributed by atoms with van der Waals surface area (Å²) in [5.74, 6) is -0.194. The molecular formula is C14H20N4O2S. The van der Waals surface area contributed by atoms with Crippen LogP contribution < -0.4 is 16.6 Å². The van der Waals surface area contributed by atoms with Gasteiger partial charge in [0.25, 0.3) is 11.5 Å². The molecule has 0 unspecified atom stereocenters. The predicted molar refractivity (Wildman–Crippen MR) is 84.9 cm³/mol. The lowest BCUT2D eigenvalue weighted by Gasteiger charge is -2.04. The molecule has 0 saturated heterocycles. The van der Waals surface area contributed by atoms with Crippen molar-refractivity contribution in [3.8, 4) is 0 Å². The van der Waals surface area contributed by atoms with Gasteiger partial charge in [0.2, 0.25) is 0 Å². The molecular weight excluding hydrogens is 288 g/mol. The first kappa shape index (κ1) is 15.7. The highest BCUT2D eigenvalue weighted by atomic mass is 32.1. The lowest BCUT2D eigenvalue weighted by molar-refractivity contribution is 0.0958. The van der Waals surface area contributed by atoms with Crippen LogP contribution in [0, 0.1) is 6.92 Å². The zero-order valence-corrected chi connectivity index (χ0v) is 13.1. The molecule has 0 aliphatic rings. The summed E-state index contributed by atoms with van der Waals surface area (Å²) < 4.78 is 1.62. The van der Waals surface area contributed by atoms with E-state index < -0.39 is 0 Å². The van der Waals surface area contributed by atoms with Gasteiger partial charge in [0.05, 0.1) is 16.6 Å². The second kappa shape index (κ2) is 6.82. The number of hydrogen-bond donors (Lipinski definition) is 2. The second-order valence-corrected chi connectivity index (χ2v) is 5.88. The average Bonchev–Trinajstić information content (AvgIpc) is 2.82. The number of thiophene rings is 1. The Balaban J connectivity index is 2.44. The number of aromatic nitrogens is 2. The van der Waals surface area contributed by atoms with Gasteiger partial charge in [0, 0.05) is 19.6 Å². The molecule has 2 aromatic rings. The molecule has 0 bridgehead atoms. The van der Waals surface area contributed by atoms with Crippen LogP contribution >= 0.6 is 11.3 Å². The lowest BCUT2D eigenvalue weighted by Crippen LogP contribution is -2.28. The molecule has 3 N–H and O–H groups in total. The fourth-order valence-corrected chi connectivity index (χ4v) is 3.19. The number of carbonyl (C=O) groups excluding carboxylic acids is 1. The number of unbranched alkanes of at least 4 members (excludes halogenated alkanes) is 1. The van der Waals surface area contributed by atoms with E-state index in [4.69, 9.17) is 5.73 Å². The summed E-state index contributed by atoms with van der Waals surface area (Å²) in [7, 11) is 0. The maximum absolute atomic E-state index is 12.5. The zero-order chi connectivity index (χ0) is 15.4. The third-order valence-corrected chi connectivity index (χ3v) is 4.50. The van der Waals surface area contributed by atoms with Crippen LogP contribution in [0.5, 0.6) is 0 Å². The Morgan fingerprint density at radius 2 is 2.29 bits per heavy atom. The van der Waals surface area contributed by atoms with Crippen LogP contribution in [0.4, 0.5) is 0 Å². The summed E-state index contributed by atoms with van der Waals surface area (Å²) in [5.41, 5.74) is 6.01. The topological polar surface area (TPSA) is 90.0 Å². The molecule has 0 aromatic carbocycles. The van der Waals surface area contributed by atoms with Gasteiger partial charge in [-0.25, -0.2) is 4.98 Å². The fraction of sp³-hybridized carbons (Fsp3) is 0.500. The Morgan fingerprint density at radius 3 is 2.95 bits per heavy atom. The zero-order valence-electron chi connectivity index (χ0n) is 12.3. The van der Waals surface area contributed by atoms with Gasteiger partial charge >= 0.3 is 0 Å². The van der Waals surface area contributed by atoms with Gasteiger partial charge in [0.15, 0.2) is 0 Å². The van der Waals surface area contributed by atoms with E-state index >= 15 is 0 Å². The highest BCUT2D eigenvalue weighted by Crippen LogP contribution is 2.26. The molecule has 0 fully saturated rings. The Hall–Kier alpha value is -1.73. The molecule has 0 saturated carbocycles. The molecule has 0 aliphatic heterocycles. The number of nitrogens with one attached hydrogen (secondary N) is 1. The fourth-order valence-electron chi connectivity index (χ4n) is 2.13. The van der Waals surface area contributed by atoms with Gasteiger partial charge in [-0.2, -0.15) is 0 Å². The highest BCUT2D eigenvalue weighted by Gasteiger charge is 2.18.